The van der Waals surface area contributed by atoms with Crippen LogP contribution in [0.2, 0.25) is 5.02 Å². The van der Waals surface area contributed by atoms with Crippen molar-refractivity contribution >= 4 is 29.9 Å². The predicted octanol–water partition coefficient (Wildman–Crippen LogP) is 3.31. The smallest absolute Gasteiger partial charge is 0.220 e. The Hall–Kier alpha value is -0.970. The Labute approximate surface area is 148 Å². The number of nitrogens with one attached hydrogen (secondary N) is 2. The fourth-order valence-corrected chi connectivity index (χ4v) is 3.95. The molecule has 2 atom stereocenters. The zero-order valence-electron chi connectivity index (χ0n) is 13.3. The van der Waals surface area contributed by atoms with E-state index in [0.717, 1.165) is 24.2 Å². The predicted molar refractivity (Wildman–Crippen MR) is 94.4 cm³/mol. The highest BCUT2D eigenvalue weighted by Crippen LogP contribution is 2.32. The van der Waals surface area contributed by atoms with E-state index in [1.165, 1.54) is 12.8 Å². The first-order valence-corrected chi connectivity index (χ1v) is 8.37. The number of carbonyl (C=O) groups excluding carboxylic acids is 1. The van der Waals surface area contributed by atoms with Crippen LogP contribution in [0.25, 0.3) is 0 Å². The Morgan fingerprint density at radius 3 is 2.70 bits per heavy atom. The fourth-order valence-electron chi connectivity index (χ4n) is 3.76. The van der Waals surface area contributed by atoms with E-state index in [1.807, 2.05) is 12.1 Å². The summed E-state index contributed by atoms with van der Waals surface area (Å²) in [7, 11) is 1.62. The topological polar surface area (TPSA) is 50.4 Å². The Morgan fingerprint density at radius 2 is 2.04 bits per heavy atom. The van der Waals surface area contributed by atoms with Gasteiger partial charge in [-0.1, -0.05) is 11.6 Å². The molecule has 4 nitrogen and oxygen atoms in total. The summed E-state index contributed by atoms with van der Waals surface area (Å²) in [4.78, 5) is 12.2. The fraction of sp³-hybridized carbons (Fsp3) is 0.588. The van der Waals surface area contributed by atoms with Crippen LogP contribution >= 0.6 is 24.0 Å². The molecule has 2 N–H and O–H groups in total. The average molecular weight is 359 g/mol. The summed E-state index contributed by atoms with van der Waals surface area (Å²) in [6.07, 6.45) is 5.41. The number of hydrogen-bond acceptors (Lipinski definition) is 3. The molecular formula is C17H24Cl2N2O2. The summed E-state index contributed by atoms with van der Waals surface area (Å²) in [6, 6.07) is 6.71. The van der Waals surface area contributed by atoms with Gasteiger partial charge in [-0.15, -0.1) is 12.4 Å². The molecule has 0 aromatic heterocycles. The summed E-state index contributed by atoms with van der Waals surface area (Å²) in [5.74, 6) is 1.39. The van der Waals surface area contributed by atoms with Crippen LogP contribution in [0.3, 0.4) is 0 Å². The first-order valence-electron chi connectivity index (χ1n) is 7.99. The number of rotatable bonds is 5. The average Bonchev–Trinajstić information content (AvgIpc) is 2.84. The lowest BCUT2D eigenvalue weighted by Gasteiger charge is -2.28. The summed E-state index contributed by atoms with van der Waals surface area (Å²) in [5.41, 5.74) is 0.911. The molecule has 0 radical (unpaired) electrons. The van der Waals surface area contributed by atoms with Crippen LogP contribution in [0.4, 0.5) is 0 Å². The molecule has 2 heterocycles. The maximum atomic E-state index is 12.2. The third kappa shape index (κ3) is 4.75. The van der Waals surface area contributed by atoms with Gasteiger partial charge >= 0.3 is 0 Å². The Kier molecular flexibility index (Phi) is 6.57. The Bertz CT molecular complexity index is 541. The summed E-state index contributed by atoms with van der Waals surface area (Å²) in [6.45, 7) is 0.459. The van der Waals surface area contributed by atoms with Crippen LogP contribution in [0, 0.1) is 5.92 Å². The van der Waals surface area contributed by atoms with E-state index in [9.17, 15) is 4.79 Å². The van der Waals surface area contributed by atoms with Gasteiger partial charge in [-0.2, -0.15) is 0 Å². The van der Waals surface area contributed by atoms with E-state index >= 15 is 0 Å². The van der Waals surface area contributed by atoms with Crippen molar-refractivity contribution in [3.63, 3.8) is 0 Å². The molecule has 2 aliphatic rings. The third-order valence-corrected chi connectivity index (χ3v) is 5.00. The van der Waals surface area contributed by atoms with Crippen molar-refractivity contribution in [2.45, 2.75) is 50.7 Å². The van der Waals surface area contributed by atoms with Gasteiger partial charge < -0.3 is 15.4 Å². The minimum Gasteiger partial charge on any atom is -0.496 e. The molecule has 0 saturated carbocycles. The normalized spacial score (nSPS) is 25.6. The molecule has 2 fully saturated rings. The molecule has 3 rings (SSSR count). The van der Waals surface area contributed by atoms with E-state index < -0.39 is 0 Å². The standard InChI is InChI=1S/C17H23ClN2O2.ClH/c1-22-16-5-2-13(18)9-12(16)10-19-17(21)8-11-6-14-3-4-15(7-11)20-14;/h2,5,9,11,14-15,20H,3-4,6-8,10H2,1H3,(H,19,21);1H. The van der Waals surface area contributed by atoms with Crippen molar-refractivity contribution in [2.24, 2.45) is 5.92 Å². The highest BCUT2D eigenvalue weighted by molar-refractivity contribution is 6.30. The zero-order valence-corrected chi connectivity index (χ0v) is 14.9. The van der Waals surface area contributed by atoms with Crippen LogP contribution in [0.1, 0.15) is 37.7 Å². The number of halogens is 2. The molecular weight excluding hydrogens is 335 g/mol. The van der Waals surface area contributed by atoms with Gasteiger partial charge in [0.15, 0.2) is 0 Å². The van der Waals surface area contributed by atoms with E-state index in [4.69, 9.17) is 16.3 Å². The van der Waals surface area contributed by atoms with Gasteiger partial charge in [0.2, 0.25) is 5.91 Å². The molecule has 6 heteroatoms. The SMILES string of the molecule is COc1ccc(Cl)cc1CNC(=O)CC1CC2CCC(C1)N2.Cl. The Morgan fingerprint density at radius 1 is 1.35 bits per heavy atom. The maximum absolute atomic E-state index is 12.2. The van der Waals surface area contributed by atoms with Crippen molar-refractivity contribution in [1.82, 2.24) is 10.6 Å². The zero-order chi connectivity index (χ0) is 15.5. The van der Waals surface area contributed by atoms with Crippen molar-refractivity contribution in [3.8, 4) is 5.75 Å². The number of fused-ring (bicyclic) bond motifs is 2. The molecule has 1 aromatic rings. The van der Waals surface area contributed by atoms with Crippen LogP contribution in [-0.2, 0) is 11.3 Å². The molecule has 1 amide bonds. The summed E-state index contributed by atoms with van der Waals surface area (Å²) < 4.78 is 5.30. The minimum absolute atomic E-state index is 0. The van der Waals surface area contributed by atoms with Crippen molar-refractivity contribution < 1.29 is 9.53 Å². The van der Waals surface area contributed by atoms with Crippen molar-refractivity contribution in [3.05, 3.63) is 28.8 Å². The molecule has 23 heavy (non-hydrogen) atoms. The number of ether oxygens (including phenoxy) is 1. The Balaban J connectivity index is 0.00000192. The lowest BCUT2D eigenvalue weighted by atomic mass is 9.89. The molecule has 2 unspecified atom stereocenters. The molecule has 1 aromatic carbocycles. The monoisotopic (exact) mass is 358 g/mol. The quantitative estimate of drug-likeness (QED) is 0.848. The highest BCUT2D eigenvalue weighted by Gasteiger charge is 2.34. The van der Waals surface area contributed by atoms with Crippen LogP contribution in [-0.4, -0.2) is 25.1 Å². The van der Waals surface area contributed by atoms with Gasteiger partial charge in [0.05, 0.1) is 7.11 Å². The number of benzene rings is 1. The van der Waals surface area contributed by atoms with E-state index in [1.54, 1.807) is 13.2 Å². The lowest BCUT2D eigenvalue weighted by Crippen LogP contribution is -2.39. The first-order chi connectivity index (χ1) is 10.6. The van der Waals surface area contributed by atoms with Gasteiger partial charge in [0.25, 0.3) is 0 Å². The highest BCUT2D eigenvalue weighted by atomic mass is 35.5. The minimum atomic E-state index is 0. The van der Waals surface area contributed by atoms with E-state index in [-0.39, 0.29) is 18.3 Å². The molecule has 2 saturated heterocycles. The summed E-state index contributed by atoms with van der Waals surface area (Å²) >= 11 is 6.01. The summed E-state index contributed by atoms with van der Waals surface area (Å²) in [5, 5.41) is 7.26. The van der Waals surface area contributed by atoms with E-state index in [0.29, 0.717) is 36.0 Å². The molecule has 0 spiro atoms. The maximum Gasteiger partial charge on any atom is 0.220 e. The second kappa shape index (κ2) is 8.22. The molecule has 0 aliphatic carbocycles. The van der Waals surface area contributed by atoms with Gasteiger partial charge in [-0.25, -0.2) is 0 Å². The van der Waals surface area contributed by atoms with Gasteiger partial charge in [-0.05, 0) is 49.8 Å². The van der Waals surface area contributed by atoms with Crippen molar-refractivity contribution in [1.29, 1.82) is 0 Å². The van der Waals surface area contributed by atoms with Gasteiger partial charge in [0.1, 0.15) is 5.75 Å². The number of carbonyl (C=O) groups is 1. The molecule has 2 aliphatic heterocycles. The largest absolute Gasteiger partial charge is 0.496 e. The number of piperidine rings is 1. The van der Waals surface area contributed by atoms with Crippen molar-refractivity contribution in [2.75, 3.05) is 7.11 Å². The number of hydrogen-bond donors (Lipinski definition) is 2. The van der Waals surface area contributed by atoms with Gasteiger partial charge in [0, 0.05) is 35.6 Å². The van der Waals surface area contributed by atoms with Crippen LogP contribution in [0.5, 0.6) is 5.75 Å². The second-order valence-corrected chi connectivity index (χ2v) is 6.85. The first kappa shape index (κ1) is 18.4. The van der Waals surface area contributed by atoms with Gasteiger partial charge in [-0.3, -0.25) is 4.79 Å². The van der Waals surface area contributed by atoms with Crippen LogP contribution in [0.15, 0.2) is 18.2 Å². The number of methoxy groups -OCH3 is 1. The molecule has 128 valence electrons. The third-order valence-electron chi connectivity index (χ3n) is 4.76. The lowest BCUT2D eigenvalue weighted by molar-refractivity contribution is -0.122. The second-order valence-electron chi connectivity index (χ2n) is 6.41. The van der Waals surface area contributed by atoms with Crippen LogP contribution < -0.4 is 15.4 Å². The van der Waals surface area contributed by atoms with E-state index in [2.05, 4.69) is 10.6 Å². The number of amides is 1. The molecule has 2 bridgehead atoms.